The molecule has 0 spiro atoms. The van der Waals surface area contributed by atoms with Gasteiger partial charge < -0.3 is 4.90 Å². The van der Waals surface area contributed by atoms with E-state index in [4.69, 9.17) is 0 Å². The molecule has 1 aliphatic carbocycles. The van der Waals surface area contributed by atoms with E-state index >= 15 is 0 Å². The van der Waals surface area contributed by atoms with Crippen LogP contribution in [0.5, 0.6) is 0 Å². The summed E-state index contributed by atoms with van der Waals surface area (Å²) in [6.07, 6.45) is 0. The third kappa shape index (κ3) is 5.54. The van der Waals surface area contributed by atoms with Gasteiger partial charge in [-0.1, -0.05) is 196 Å². The quantitative estimate of drug-likeness (QED) is 0.154. The van der Waals surface area contributed by atoms with Crippen molar-refractivity contribution in [1.29, 1.82) is 0 Å². The fourth-order valence-electron chi connectivity index (χ4n) is 9.42. The van der Waals surface area contributed by atoms with Gasteiger partial charge in [-0.15, -0.1) is 0 Å². The van der Waals surface area contributed by atoms with Gasteiger partial charge in [-0.25, -0.2) is 0 Å². The number of hydrogen-bond acceptors (Lipinski definition) is 1. The van der Waals surface area contributed by atoms with Crippen LogP contribution in [0.25, 0.3) is 76.8 Å². The molecule has 274 valence electrons. The molecule has 58 heavy (non-hydrogen) atoms. The van der Waals surface area contributed by atoms with E-state index in [0.717, 1.165) is 5.69 Å². The first-order valence-corrected chi connectivity index (χ1v) is 20.3. The molecule has 10 aromatic carbocycles. The molecule has 0 radical (unpaired) electrons. The largest absolute Gasteiger partial charge is 0.309 e. The molecular formula is C57H41N. The maximum absolute atomic E-state index is 2.50. The SMILES string of the molecule is CC1(C)c2cc(-c3ccc(-c4ccc(-c5ccccc5)cc4)cc3)ccc2-c2ccc(N(c3cccc4ccccc34)c3cc4ccccc4c4ccccc34)cc21. The molecule has 0 bridgehead atoms. The Bertz CT molecular complexity index is 3170. The lowest BCUT2D eigenvalue weighted by atomic mass is 9.81. The van der Waals surface area contributed by atoms with Crippen LogP contribution in [0.2, 0.25) is 0 Å². The predicted molar refractivity (Wildman–Crippen MR) is 248 cm³/mol. The molecule has 10 aromatic rings. The van der Waals surface area contributed by atoms with Crippen LogP contribution in [0.1, 0.15) is 25.0 Å². The lowest BCUT2D eigenvalue weighted by Crippen LogP contribution is -2.17. The second-order valence-electron chi connectivity index (χ2n) is 16.1. The van der Waals surface area contributed by atoms with Crippen LogP contribution in [-0.4, -0.2) is 0 Å². The summed E-state index contributed by atoms with van der Waals surface area (Å²) in [7, 11) is 0. The highest BCUT2D eigenvalue weighted by atomic mass is 15.1. The first kappa shape index (κ1) is 34.1. The van der Waals surface area contributed by atoms with E-state index in [-0.39, 0.29) is 5.41 Å². The van der Waals surface area contributed by atoms with E-state index in [1.54, 1.807) is 0 Å². The minimum absolute atomic E-state index is 0.201. The molecule has 1 aliphatic rings. The van der Waals surface area contributed by atoms with E-state index in [1.165, 1.54) is 99.3 Å². The molecule has 1 heteroatoms. The van der Waals surface area contributed by atoms with Gasteiger partial charge in [0.2, 0.25) is 0 Å². The molecule has 0 saturated heterocycles. The molecule has 1 nitrogen and oxygen atoms in total. The number of rotatable bonds is 6. The third-order valence-electron chi connectivity index (χ3n) is 12.5. The van der Waals surface area contributed by atoms with Gasteiger partial charge in [0.15, 0.2) is 0 Å². The maximum Gasteiger partial charge on any atom is 0.0546 e. The van der Waals surface area contributed by atoms with Gasteiger partial charge in [-0.2, -0.15) is 0 Å². The molecule has 11 rings (SSSR count). The maximum atomic E-state index is 2.50. The monoisotopic (exact) mass is 739 g/mol. The molecule has 0 saturated carbocycles. The van der Waals surface area contributed by atoms with Crippen molar-refractivity contribution >= 4 is 49.4 Å². The van der Waals surface area contributed by atoms with Crippen LogP contribution in [0.4, 0.5) is 17.1 Å². The standard InChI is InChI=1S/C57H41N/c1-57(2)53-35-44(42-29-27-41(28-30-42)40-25-23-39(24-26-40)38-13-4-3-5-14-38)31-33-50(53)51-34-32-46(37-54(51)57)58(55-22-12-17-43-15-6-9-19-48(43)55)56-36-45-16-7-8-18-47(45)49-20-10-11-21-52(49)56/h3-37H,1-2H3. The molecule has 0 aromatic heterocycles. The van der Waals surface area contributed by atoms with Crippen LogP contribution < -0.4 is 4.90 Å². The highest BCUT2D eigenvalue weighted by Crippen LogP contribution is 2.52. The average Bonchev–Trinajstić information content (AvgIpc) is 3.51. The van der Waals surface area contributed by atoms with Crippen LogP contribution in [0, 0.1) is 0 Å². The highest BCUT2D eigenvalue weighted by Gasteiger charge is 2.36. The van der Waals surface area contributed by atoms with Crippen molar-refractivity contribution in [3.05, 3.63) is 223 Å². The van der Waals surface area contributed by atoms with Crippen LogP contribution in [0.15, 0.2) is 212 Å². The van der Waals surface area contributed by atoms with Gasteiger partial charge in [-0.3, -0.25) is 0 Å². The molecule has 0 fully saturated rings. The van der Waals surface area contributed by atoms with Gasteiger partial charge in [0.1, 0.15) is 0 Å². The molecule has 0 amide bonds. The lowest BCUT2D eigenvalue weighted by molar-refractivity contribution is 0.660. The zero-order chi connectivity index (χ0) is 38.8. The second kappa shape index (κ2) is 13.5. The Balaban J connectivity index is 0.989. The minimum atomic E-state index is -0.201. The number of nitrogens with zero attached hydrogens (tertiary/aromatic N) is 1. The lowest BCUT2D eigenvalue weighted by Gasteiger charge is -2.30. The Kier molecular flexibility index (Phi) is 7.91. The molecular weight excluding hydrogens is 699 g/mol. The summed E-state index contributed by atoms with van der Waals surface area (Å²) in [5, 5.41) is 7.45. The van der Waals surface area contributed by atoms with Crippen molar-refractivity contribution in [2.24, 2.45) is 0 Å². The van der Waals surface area contributed by atoms with Gasteiger partial charge >= 0.3 is 0 Å². The van der Waals surface area contributed by atoms with E-state index in [9.17, 15) is 0 Å². The molecule has 0 heterocycles. The van der Waals surface area contributed by atoms with Crippen LogP contribution in [0.3, 0.4) is 0 Å². The first-order valence-electron chi connectivity index (χ1n) is 20.3. The van der Waals surface area contributed by atoms with Gasteiger partial charge in [0.25, 0.3) is 0 Å². The Morgan fingerprint density at radius 3 is 1.48 bits per heavy atom. The highest BCUT2D eigenvalue weighted by molar-refractivity contribution is 6.15. The van der Waals surface area contributed by atoms with E-state index in [0.29, 0.717) is 0 Å². The summed E-state index contributed by atoms with van der Waals surface area (Å²) in [4.78, 5) is 2.50. The van der Waals surface area contributed by atoms with Gasteiger partial charge in [0, 0.05) is 21.9 Å². The van der Waals surface area contributed by atoms with Crippen LogP contribution in [-0.2, 0) is 5.41 Å². The van der Waals surface area contributed by atoms with E-state index in [1.807, 2.05) is 0 Å². The Morgan fingerprint density at radius 2 is 0.793 bits per heavy atom. The van der Waals surface area contributed by atoms with Crippen molar-refractivity contribution in [3.8, 4) is 44.5 Å². The second-order valence-corrected chi connectivity index (χ2v) is 16.1. The van der Waals surface area contributed by atoms with E-state index < -0.39 is 0 Å². The van der Waals surface area contributed by atoms with Crippen molar-refractivity contribution in [2.75, 3.05) is 4.90 Å². The van der Waals surface area contributed by atoms with Gasteiger partial charge in [0.05, 0.1) is 11.4 Å². The molecule has 0 N–H and O–H groups in total. The Morgan fingerprint density at radius 1 is 0.310 bits per heavy atom. The van der Waals surface area contributed by atoms with Gasteiger partial charge in [-0.05, 0) is 108 Å². The summed E-state index contributed by atoms with van der Waals surface area (Å²) >= 11 is 0. The van der Waals surface area contributed by atoms with E-state index in [2.05, 4.69) is 231 Å². The zero-order valence-corrected chi connectivity index (χ0v) is 32.7. The third-order valence-corrected chi connectivity index (χ3v) is 12.5. The minimum Gasteiger partial charge on any atom is -0.309 e. The fraction of sp³-hybridized carbons (Fsp3) is 0.0526. The van der Waals surface area contributed by atoms with Crippen LogP contribution >= 0.6 is 0 Å². The first-order chi connectivity index (χ1) is 28.5. The van der Waals surface area contributed by atoms with Crippen molar-refractivity contribution in [3.63, 3.8) is 0 Å². The number of anilines is 3. The topological polar surface area (TPSA) is 3.24 Å². The number of hydrogen-bond donors (Lipinski definition) is 0. The molecule has 0 aliphatic heterocycles. The molecule has 0 unspecified atom stereocenters. The van der Waals surface area contributed by atoms with Crippen molar-refractivity contribution < 1.29 is 0 Å². The smallest absolute Gasteiger partial charge is 0.0546 e. The molecule has 0 atom stereocenters. The summed E-state index contributed by atoms with van der Waals surface area (Å²) < 4.78 is 0. The van der Waals surface area contributed by atoms with Crippen molar-refractivity contribution in [2.45, 2.75) is 19.3 Å². The van der Waals surface area contributed by atoms with Crippen molar-refractivity contribution in [1.82, 2.24) is 0 Å². The predicted octanol–water partition coefficient (Wildman–Crippen LogP) is 15.9. The zero-order valence-electron chi connectivity index (χ0n) is 32.7. The fourth-order valence-corrected chi connectivity index (χ4v) is 9.42. The summed E-state index contributed by atoms with van der Waals surface area (Å²) in [5.74, 6) is 0. The summed E-state index contributed by atoms with van der Waals surface area (Å²) in [6.45, 7) is 4.78. The Labute approximate surface area is 340 Å². The summed E-state index contributed by atoms with van der Waals surface area (Å²) in [5.41, 5.74) is 16.0. The normalized spacial score (nSPS) is 12.8. The number of benzene rings is 10. The average molecular weight is 740 g/mol. The Hall–Kier alpha value is -7.22. The summed E-state index contributed by atoms with van der Waals surface area (Å²) in [6, 6.07) is 78.1. The number of fused-ring (bicyclic) bond motifs is 7.